The number of hydrogen-bond acceptors (Lipinski definition) is 4. The smallest absolute Gasteiger partial charge is 0.343 e. The predicted octanol–water partition coefficient (Wildman–Crippen LogP) is -1.47. The van der Waals surface area contributed by atoms with Crippen LogP contribution in [0.1, 0.15) is 13.8 Å². The van der Waals surface area contributed by atoms with Crippen molar-refractivity contribution in [2.45, 2.75) is 25.5 Å². The van der Waals surface area contributed by atoms with Crippen LogP contribution in [-0.2, 0) is 14.4 Å². The average molecular weight is 189 g/mol. The van der Waals surface area contributed by atoms with E-state index in [0.29, 0.717) is 0 Å². The van der Waals surface area contributed by atoms with Gasteiger partial charge in [-0.25, -0.2) is 4.79 Å². The van der Waals surface area contributed by atoms with E-state index >= 15 is 0 Å². The Morgan fingerprint density at radius 2 is 2.00 bits per heavy atom. The Bertz CT molecular complexity index is 235. The van der Waals surface area contributed by atoms with Gasteiger partial charge in [0.05, 0.1) is 6.04 Å². The third-order valence-corrected chi connectivity index (χ3v) is 1.61. The van der Waals surface area contributed by atoms with Crippen LogP contribution in [0.5, 0.6) is 0 Å². The lowest BCUT2D eigenvalue weighted by Crippen LogP contribution is -2.51. The van der Waals surface area contributed by atoms with E-state index in [9.17, 15) is 14.4 Å². The molecule has 6 nitrogen and oxygen atoms in total. The molecule has 0 spiro atoms. The van der Waals surface area contributed by atoms with Crippen molar-refractivity contribution in [1.29, 1.82) is 0 Å². The summed E-state index contributed by atoms with van der Waals surface area (Å²) in [7, 11) is 0. The van der Waals surface area contributed by atoms with Gasteiger partial charge in [0, 0.05) is 0 Å². The van der Waals surface area contributed by atoms with Crippen molar-refractivity contribution < 1.29 is 24.6 Å². The zero-order chi connectivity index (χ0) is 10.6. The van der Waals surface area contributed by atoms with Crippen LogP contribution in [0, 0.1) is 0 Å². The summed E-state index contributed by atoms with van der Waals surface area (Å²) < 4.78 is 0. The minimum Gasteiger partial charge on any atom is -0.479 e. The summed E-state index contributed by atoms with van der Waals surface area (Å²) in [6.07, 6.45) is 0.264. The second-order valence-electron chi connectivity index (χ2n) is 2.75. The van der Waals surface area contributed by atoms with Crippen LogP contribution >= 0.6 is 0 Å². The second kappa shape index (κ2) is 3.99. The highest BCUT2D eigenvalue weighted by molar-refractivity contribution is 6.08. The number of nitrogens with one attached hydrogen (secondary N) is 1. The highest BCUT2D eigenvalue weighted by atomic mass is 16.4. The number of carboxylic acid groups (broad SMARTS) is 1. The minimum absolute atomic E-state index is 0.264. The second-order valence-corrected chi connectivity index (χ2v) is 2.75. The first-order chi connectivity index (χ1) is 5.84. The van der Waals surface area contributed by atoms with Crippen LogP contribution < -0.4 is 5.32 Å². The number of carbonyl (C=O) groups excluding carboxylic acids is 2. The Morgan fingerprint density at radius 3 is 2.31 bits per heavy atom. The van der Waals surface area contributed by atoms with E-state index < -0.39 is 23.4 Å². The molecule has 0 radical (unpaired) electrons. The molecule has 0 aromatic heterocycles. The summed E-state index contributed by atoms with van der Waals surface area (Å²) in [5.74, 6) is -2.61. The summed E-state index contributed by atoms with van der Waals surface area (Å²) >= 11 is 0. The van der Waals surface area contributed by atoms with E-state index in [0.717, 1.165) is 6.92 Å². The van der Waals surface area contributed by atoms with Gasteiger partial charge in [0.25, 0.3) is 0 Å². The van der Waals surface area contributed by atoms with Gasteiger partial charge < -0.3 is 15.5 Å². The standard InChI is InChI=1S/C7H11NO5/c1-4(8-3-9)5(10)7(2,13)6(11)12/h3-4,13H,1-2H3,(H,8,9)(H,11,12)/t4-,7-/m0/s1. The first-order valence-electron chi connectivity index (χ1n) is 3.53. The Morgan fingerprint density at radius 1 is 1.54 bits per heavy atom. The Kier molecular flexibility index (Phi) is 3.55. The van der Waals surface area contributed by atoms with Gasteiger partial charge in [0.2, 0.25) is 12.0 Å². The number of hydrogen-bond donors (Lipinski definition) is 3. The molecule has 0 saturated carbocycles. The molecule has 3 N–H and O–H groups in total. The van der Waals surface area contributed by atoms with Crippen molar-refractivity contribution in [1.82, 2.24) is 5.32 Å². The minimum atomic E-state index is -2.46. The molecule has 0 fully saturated rings. The van der Waals surface area contributed by atoms with E-state index in [2.05, 4.69) is 5.32 Å². The van der Waals surface area contributed by atoms with Crippen molar-refractivity contribution in [2.24, 2.45) is 0 Å². The number of aliphatic carboxylic acids is 1. The topological polar surface area (TPSA) is 104 Å². The molecule has 0 unspecified atom stereocenters. The van der Waals surface area contributed by atoms with Gasteiger partial charge in [-0.05, 0) is 13.8 Å². The van der Waals surface area contributed by atoms with Crippen LogP contribution in [0.2, 0.25) is 0 Å². The molecule has 2 atom stereocenters. The average Bonchev–Trinajstić information content (AvgIpc) is 2.03. The van der Waals surface area contributed by atoms with Crippen molar-refractivity contribution in [3.8, 4) is 0 Å². The van der Waals surface area contributed by atoms with Gasteiger partial charge in [0.1, 0.15) is 0 Å². The summed E-state index contributed by atoms with van der Waals surface area (Å²) in [6.45, 7) is 2.15. The first-order valence-corrected chi connectivity index (χ1v) is 3.53. The molecule has 0 aromatic rings. The predicted molar refractivity (Wildman–Crippen MR) is 41.9 cm³/mol. The summed E-state index contributed by atoms with van der Waals surface area (Å²) in [5.41, 5.74) is -2.46. The zero-order valence-corrected chi connectivity index (χ0v) is 7.27. The maximum Gasteiger partial charge on any atom is 0.343 e. The normalized spacial score (nSPS) is 16.8. The SMILES string of the molecule is C[C@H](NC=O)C(=O)[C@](C)(O)C(=O)O. The van der Waals surface area contributed by atoms with Crippen molar-refractivity contribution in [3.05, 3.63) is 0 Å². The molecule has 0 aromatic carbocycles. The first kappa shape index (κ1) is 11.6. The van der Waals surface area contributed by atoms with E-state index in [4.69, 9.17) is 10.2 Å². The van der Waals surface area contributed by atoms with Crippen molar-refractivity contribution >= 4 is 18.2 Å². The lowest BCUT2D eigenvalue weighted by atomic mass is 9.96. The molecule has 0 aliphatic rings. The number of amides is 1. The molecule has 0 bridgehead atoms. The number of carbonyl (C=O) groups is 3. The molecular weight excluding hydrogens is 178 g/mol. The highest BCUT2D eigenvalue weighted by Crippen LogP contribution is 2.07. The lowest BCUT2D eigenvalue weighted by molar-refractivity contribution is -0.164. The van der Waals surface area contributed by atoms with Gasteiger partial charge in [-0.1, -0.05) is 0 Å². The molecule has 1 amide bonds. The van der Waals surface area contributed by atoms with Gasteiger partial charge >= 0.3 is 5.97 Å². The molecule has 0 heterocycles. The molecule has 0 aliphatic heterocycles. The van der Waals surface area contributed by atoms with E-state index in [-0.39, 0.29) is 6.41 Å². The van der Waals surface area contributed by atoms with Crippen molar-refractivity contribution in [3.63, 3.8) is 0 Å². The fourth-order valence-corrected chi connectivity index (χ4v) is 0.705. The molecule has 13 heavy (non-hydrogen) atoms. The van der Waals surface area contributed by atoms with E-state index in [1.165, 1.54) is 6.92 Å². The largest absolute Gasteiger partial charge is 0.479 e. The quantitative estimate of drug-likeness (QED) is 0.361. The van der Waals surface area contributed by atoms with E-state index in [1.54, 1.807) is 0 Å². The van der Waals surface area contributed by atoms with Crippen LogP contribution in [0.25, 0.3) is 0 Å². The van der Waals surface area contributed by atoms with Gasteiger partial charge in [0.15, 0.2) is 5.78 Å². The lowest BCUT2D eigenvalue weighted by Gasteiger charge is -2.19. The third kappa shape index (κ3) is 2.51. The summed E-state index contributed by atoms with van der Waals surface area (Å²) in [5, 5.41) is 19.6. The molecule has 74 valence electrons. The number of ketones is 1. The number of aliphatic hydroxyl groups is 1. The molecule has 0 saturated heterocycles. The maximum atomic E-state index is 11.1. The zero-order valence-electron chi connectivity index (χ0n) is 7.27. The van der Waals surface area contributed by atoms with Crippen LogP contribution in [0.3, 0.4) is 0 Å². The fraction of sp³-hybridized carbons (Fsp3) is 0.571. The van der Waals surface area contributed by atoms with Crippen LogP contribution in [0.4, 0.5) is 0 Å². The fourth-order valence-electron chi connectivity index (χ4n) is 0.705. The van der Waals surface area contributed by atoms with Gasteiger partial charge in [-0.15, -0.1) is 0 Å². The Labute approximate surface area is 74.6 Å². The number of carboxylic acids is 1. The van der Waals surface area contributed by atoms with Gasteiger partial charge in [-0.2, -0.15) is 0 Å². The Balaban J connectivity index is 4.58. The number of Topliss-reactive ketones (excluding diaryl/α,β-unsaturated/α-hetero) is 1. The molecule has 0 rings (SSSR count). The molecule has 0 aliphatic carbocycles. The number of rotatable bonds is 5. The Hall–Kier alpha value is -1.43. The van der Waals surface area contributed by atoms with Gasteiger partial charge in [-0.3, -0.25) is 9.59 Å². The van der Waals surface area contributed by atoms with Crippen LogP contribution in [-0.4, -0.2) is 40.0 Å². The monoisotopic (exact) mass is 189 g/mol. The maximum absolute atomic E-state index is 11.1. The van der Waals surface area contributed by atoms with E-state index in [1.807, 2.05) is 0 Å². The van der Waals surface area contributed by atoms with Crippen LogP contribution in [0.15, 0.2) is 0 Å². The molecule has 6 heteroatoms. The van der Waals surface area contributed by atoms with Crippen molar-refractivity contribution in [2.75, 3.05) is 0 Å². The highest BCUT2D eigenvalue weighted by Gasteiger charge is 2.41. The molecular formula is C7H11NO5. The summed E-state index contributed by atoms with van der Waals surface area (Å²) in [4.78, 5) is 31.5. The third-order valence-electron chi connectivity index (χ3n) is 1.61. The summed E-state index contributed by atoms with van der Waals surface area (Å²) in [6, 6.07) is -1.02.